The summed E-state index contributed by atoms with van der Waals surface area (Å²) in [5, 5.41) is 6.42. The molecule has 1 saturated carbocycles. The first-order valence-electron chi connectivity index (χ1n) is 11.2. The highest BCUT2D eigenvalue weighted by molar-refractivity contribution is 6.08. The van der Waals surface area contributed by atoms with E-state index in [0.29, 0.717) is 23.8 Å². The molecule has 150 valence electrons. The number of benzene rings is 3. The molecule has 0 radical (unpaired) electrons. The summed E-state index contributed by atoms with van der Waals surface area (Å²) in [6, 6.07) is 22.9. The quantitative estimate of drug-likeness (QED) is 0.367. The second kappa shape index (κ2) is 5.40. The summed E-state index contributed by atoms with van der Waals surface area (Å²) in [6.45, 7) is 4.91. The fraction of sp³-hybridized carbons (Fsp3) is 0.333. The summed E-state index contributed by atoms with van der Waals surface area (Å²) in [6.07, 6.45) is 2.47. The van der Waals surface area contributed by atoms with Gasteiger partial charge in [0.25, 0.3) is 0 Å². The Balaban J connectivity index is 1.43. The van der Waals surface area contributed by atoms with Crippen molar-refractivity contribution in [3.8, 4) is 0 Å². The van der Waals surface area contributed by atoms with E-state index in [-0.39, 0.29) is 5.41 Å². The molecule has 3 aromatic carbocycles. The van der Waals surface area contributed by atoms with Crippen LogP contribution in [-0.4, -0.2) is 10.7 Å². The lowest BCUT2D eigenvalue weighted by Crippen LogP contribution is -2.38. The molecule has 2 heterocycles. The average Bonchev–Trinajstić information content (AvgIpc) is 3.34. The van der Waals surface area contributed by atoms with Crippen LogP contribution in [0.25, 0.3) is 21.8 Å². The Hall–Kier alpha value is -2.94. The minimum Gasteiger partial charge on any atom is -0.381 e. The van der Waals surface area contributed by atoms with Crippen LogP contribution in [-0.2, 0) is 5.41 Å². The van der Waals surface area contributed by atoms with Gasteiger partial charge in [0.05, 0.1) is 11.0 Å². The molecule has 0 bridgehead atoms. The fourth-order valence-corrected chi connectivity index (χ4v) is 7.13. The highest BCUT2D eigenvalue weighted by Crippen LogP contribution is 2.61. The lowest BCUT2D eigenvalue weighted by molar-refractivity contribution is 0.208. The van der Waals surface area contributed by atoms with Crippen molar-refractivity contribution in [1.29, 1.82) is 0 Å². The Morgan fingerprint density at radius 3 is 2.57 bits per heavy atom. The second-order valence-electron chi connectivity index (χ2n) is 10.2. The molecule has 4 unspecified atom stereocenters. The first kappa shape index (κ1) is 16.8. The molecule has 1 fully saturated rings. The maximum Gasteiger partial charge on any atom is 0.0706 e. The Morgan fingerprint density at radius 1 is 0.867 bits per heavy atom. The zero-order chi connectivity index (χ0) is 20.2. The molecule has 1 aromatic heterocycles. The number of nitrogens with one attached hydrogen (secondary N) is 1. The largest absolute Gasteiger partial charge is 0.381 e. The van der Waals surface area contributed by atoms with Crippen LogP contribution >= 0.6 is 0 Å². The molecule has 0 spiro atoms. The summed E-state index contributed by atoms with van der Waals surface area (Å²) in [7, 11) is 0. The van der Waals surface area contributed by atoms with Crippen LogP contribution in [0.5, 0.6) is 0 Å². The Kier molecular flexibility index (Phi) is 3.03. The normalized spacial score (nSPS) is 28.1. The molecule has 3 heteroatoms. The van der Waals surface area contributed by atoms with E-state index in [2.05, 4.69) is 79.8 Å². The van der Waals surface area contributed by atoms with E-state index in [1.54, 1.807) is 5.56 Å². The molecule has 1 aliphatic heterocycles. The van der Waals surface area contributed by atoms with Crippen molar-refractivity contribution in [3.63, 3.8) is 0 Å². The van der Waals surface area contributed by atoms with Gasteiger partial charge in [-0.15, -0.1) is 0 Å². The third-order valence-electron chi connectivity index (χ3n) is 8.59. The van der Waals surface area contributed by atoms with Crippen LogP contribution in [0, 0.1) is 5.92 Å². The predicted octanol–water partition coefficient (Wildman–Crippen LogP) is 5.87. The van der Waals surface area contributed by atoms with Crippen molar-refractivity contribution in [2.24, 2.45) is 5.92 Å². The van der Waals surface area contributed by atoms with Gasteiger partial charge in [0.15, 0.2) is 0 Å². The summed E-state index contributed by atoms with van der Waals surface area (Å²) >= 11 is 0. The van der Waals surface area contributed by atoms with E-state index in [0.717, 1.165) is 11.0 Å². The number of anilines is 1. The Morgan fingerprint density at radius 2 is 1.67 bits per heavy atom. The standard InChI is InChI=1S/C27H27N3/c1-27(2)21-13-24-19(15-7-3-5-9-23(15)29-24)11-17(21)18-12-20-16-8-4-6-10-25(16)30(28)26(20)14-22(18)27/h3-10,12,14,17,19,21,24,29H,11,13,28H2,1-2H3. The van der Waals surface area contributed by atoms with Crippen molar-refractivity contribution in [2.75, 3.05) is 11.2 Å². The average molecular weight is 394 g/mol. The molecule has 3 nitrogen and oxygen atoms in total. The SMILES string of the molecule is CC1(C)c2cc3c(cc2C2CC4c5ccccc5NC4CC21)c1ccccc1n3N. The van der Waals surface area contributed by atoms with E-state index in [1.165, 1.54) is 40.4 Å². The Bertz CT molecular complexity index is 1350. The van der Waals surface area contributed by atoms with Gasteiger partial charge >= 0.3 is 0 Å². The van der Waals surface area contributed by atoms with Gasteiger partial charge in [-0.2, -0.15) is 0 Å². The number of aromatic nitrogens is 1. The molecule has 30 heavy (non-hydrogen) atoms. The molecular formula is C27H27N3. The van der Waals surface area contributed by atoms with Crippen molar-refractivity contribution in [3.05, 3.63) is 77.4 Å². The minimum absolute atomic E-state index is 0.159. The van der Waals surface area contributed by atoms with E-state index in [4.69, 9.17) is 5.84 Å². The molecule has 4 atom stereocenters. The zero-order valence-electron chi connectivity index (χ0n) is 17.5. The monoisotopic (exact) mass is 393 g/mol. The minimum atomic E-state index is 0.159. The molecular weight excluding hydrogens is 366 g/mol. The summed E-state index contributed by atoms with van der Waals surface area (Å²) in [5.74, 6) is 8.44. The third kappa shape index (κ3) is 1.91. The topological polar surface area (TPSA) is 43.0 Å². The van der Waals surface area contributed by atoms with Crippen molar-refractivity contribution < 1.29 is 0 Å². The van der Waals surface area contributed by atoms with Crippen LogP contribution < -0.4 is 11.2 Å². The van der Waals surface area contributed by atoms with Gasteiger partial charge in [-0.05, 0) is 71.0 Å². The fourth-order valence-electron chi connectivity index (χ4n) is 7.13. The second-order valence-corrected chi connectivity index (χ2v) is 10.2. The maximum atomic E-state index is 6.54. The highest BCUT2D eigenvalue weighted by Gasteiger charge is 2.53. The molecule has 4 aromatic rings. The first-order chi connectivity index (χ1) is 14.5. The van der Waals surface area contributed by atoms with Crippen molar-refractivity contribution in [2.45, 2.75) is 50.0 Å². The number of fused-ring (bicyclic) bond motifs is 9. The van der Waals surface area contributed by atoms with Crippen molar-refractivity contribution >= 4 is 27.5 Å². The van der Waals surface area contributed by atoms with E-state index in [1.807, 2.05) is 4.68 Å². The number of nitrogens with two attached hydrogens (primary N) is 1. The third-order valence-corrected chi connectivity index (χ3v) is 8.59. The number of hydrogen-bond donors (Lipinski definition) is 2. The van der Waals surface area contributed by atoms with Crippen LogP contribution in [0.15, 0.2) is 60.7 Å². The van der Waals surface area contributed by atoms with E-state index >= 15 is 0 Å². The van der Waals surface area contributed by atoms with Crippen LogP contribution in [0.1, 0.15) is 55.2 Å². The van der Waals surface area contributed by atoms with Crippen LogP contribution in [0.3, 0.4) is 0 Å². The van der Waals surface area contributed by atoms with Gasteiger partial charge in [0.2, 0.25) is 0 Å². The lowest BCUT2D eigenvalue weighted by Gasteiger charge is -2.40. The summed E-state index contributed by atoms with van der Waals surface area (Å²) in [5.41, 5.74) is 8.38. The molecule has 2 aliphatic carbocycles. The van der Waals surface area contributed by atoms with Crippen LogP contribution in [0.2, 0.25) is 0 Å². The smallest absolute Gasteiger partial charge is 0.0706 e. The maximum absolute atomic E-state index is 6.54. The molecule has 0 saturated heterocycles. The van der Waals surface area contributed by atoms with Crippen molar-refractivity contribution in [1.82, 2.24) is 4.68 Å². The molecule has 7 rings (SSSR count). The molecule has 3 N–H and O–H groups in total. The first-order valence-corrected chi connectivity index (χ1v) is 11.2. The van der Waals surface area contributed by atoms with Gasteiger partial charge in [-0.1, -0.05) is 50.2 Å². The number of para-hydroxylation sites is 2. The molecule has 0 amide bonds. The zero-order valence-corrected chi connectivity index (χ0v) is 17.5. The number of nitrogens with zero attached hydrogens (tertiary/aromatic N) is 1. The van der Waals surface area contributed by atoms with E-state index < -0.39 is 0 Å². The predicted molar refractivity (Wildman–Crippen MR) is 125 cm³/mol. The lowest BCUT2D eigenvalue weighted by atomic mass is 9.65. The summed E-state index contributed by atoms with van der Waals surface area (Å²) in [4.78, 5) is 0. The van der Waals surface area contributed by atoms with Gasteiger partial charge in [-0.3, -0.25) is 4.68 Å². The highest BCUT2D eigenvalue weighted by atomic mass is 15.3. The summed E-state index contributed by atoms with van der Waals surface area (Å²) < 4.78 is 1.88. The Labute approximate surface area is 176 Å². The van der Waals surface area contributed by atoms with Gasteiger partial charge in [0, 0.05) is 28.4 Å². The van der Waals surface area contributed by atoms with E-state index in [9.17, 15) is 0 Å². The molecule has 3 aliphatic rings. The van der Waals surface area contributed by atoms with Gasteiger partial charge < -0.3 is 11.2 Å². The van der Waals surface area contributed by atoms with Crippen LogP contribution in [0.4, 0.5) is 5.69 Å². The number of hydrogen-bond acceptors (Lipinski definition) is 2. The van der Waals surface area contributed by atoms with Gasteiger partial charge in [0.1, 0.15) is 0 Å². The number of rotatable bonds is 0. The number of nitrogen functional groups attached to an aromatic ring is 1. The van der Waals surface area contributed by atoms with Gasteiger partial charge in [-0.25, -0.2) is 0 Å².